The molecule has 1 amide bonds. The second-order valence-electron chi connectivity index (χ2n) is 7.93. The zero-order valence-electron chi connectivity index (χ0n) is 19.0. The highest BCUT2D eigenvalue weighted by Crippen LogP contribution is 2.28. The van der Waals surface area contributed by atoms with Gasteiger partial charge in [0.2, 0.25) is 5.43 Å². The van der Waals surface area contributed by atoms with Gasteiger partial charge in [0, 0.05) is 5.56 Å². The molecule has 33 heavy (non-hydrogen) atoms. The number of methoxy groups -OCH3 is 1. The van der Waals surface area contributed by atoms with Crippen LogP contribution in [0.1, 0.15) is 27.2 Å². The third-order valence-corrected chi connectivity index (χ3v) is 5.46. The quantitative estimate of drug-likeness (QED) is 0.470. The van der Waals surface area contributed by atoms with Gasteiger partial charge in [0.25, 0.3) is 5.91 Å². The van der Waals surface area contributed by atoms with Gasteiger partial charge in [0.1, 0.15) is 17.3 Å². The van der Waals surface area contributed by atoms with Gasteiger partial charge in [-0.1, -0.05) is 47.5 Å². The predicted molar refractivity (Wildman–Crippen MR) is 130 cm³/mol. The molecule has 0 spiro atoms. The topological polar surface area (TPSA) is 73.2 Å². The molecule has 0 fully saturated rings. The molecule has 0 saturated heterocycles. The third-order valence-electron chi connectivity index (χ3n) is 5.46. The van der Waals surface area contributed by atoms with Gasteiger partial charge in [-0.25, -0.2) is 4.68 Å². The van der Waals surface area contributed by atoms with E-state index in [2.05, 4.69) is 10.4 Å². The Labute approximate surface area is 192 Å². The van der Waals surface area contributed by atoms with Crippen LogP contribution < -0.4 is 15.5 Å². The number of carbonyl (C=O) groups is 1. The van der Waals surface area contributed by atoms with E-state index in [9.17, 15) is 9.59 Å². The minimum atomic E-state index is -0.350. The van der Waals surface area contributed by atoms with Crippen LogP contribution in [0, 0.1) is 20.8 Å². The fourth-order valence-electron chi connectivity index (χ4n) is 3.54. The molecule has 1 aromatic heterocycles. The van der Waals surface area contributed by atoms with Crippen LogP contribution in [-0.2, 0) is 0 Å². The fraction of sp³-hybridized carbons (Fsp3) is 0.148. The number of amides is 1. The molecular weight excluding hydrogens is 414 g/mol. The Hall–Kier alpha value is -4.19. The summed E-state index contributed by atoms with van der Waals surface area (Å²) >= 11 is 0. The lowest BCUT2D eigenvalue weighted by molar-refractivity contribution is 0.102. The number of anilines is 1. The number of nitrogens with zero attached hydrogens (tertiary/aromatic N) is 2. The highest BCUT2D eigenvalue weighted by molar-refractivity contribution is 6.05. The van der Waals surface area contributed by atoms with Crippen molar-refractivity contribution in [1.29, 1.82) is 0 Å². The summed E-state index contributed by atoms with van der Waals surface area (Å²) in [7, 11) is 1.57. The Morgan fingerprint density at radius 3 is 2.00 bits per heavy atom. The number of ether oxygens (including phenoxy) is 1. The van der Waals surface area contributed by atoms with Gasteiger partial charge in [-0.3, -0.25) is 9.59 Å². The molecule has 0 aliphatic heterocycles. The second kappa shape index (κ2) is 9.12. The molecule has 1 N–H and O–H groups in total. The smallest absolute Gasteiger partial charge is 0.256 e. The summed E-state index contributed by atoms with van der Waals surface area (Å²) in [6, 6.07) is 22.2. The molecule has 3 aromatic carbocycles. The first kappa shape index (κ1) is 22.0. The van der Waals surface area contributed by atoms with Crippen LogP contribution >= 0.6 is 0 Å². The Morgan fingerprint density at radius 2 is 1.42 bits per heavy atom. The maximum Gasteiger partial charge on any atom is 0.256 e. The number of benzene rings is 3. The Bertz CT molecular complexity index is 1350. The lowest BCUT2D eigenvalue weighted by Crippen LogP contribution is -2.25. The number of carbonyl (C=O) groups excluding carboxylic acids is 1. The van der Waals surface area contributed by atoms with Crippen molar-refractivity contribution < 1.29 is 9.53 Å². The number of hydrogen-bond donors (Lipinski definition) is 1. The van der Waals surface area contributed by atoms with Gasteiger partial charge in [-0.15, -0.1) is 0 Å². The molecule has 1 heterocycles. The van der Waals surface area contributed by atoms with Crippen LogP contribution in [-0.4, -0.2) is 22.8 Å². The van der Waals surface area contributed by atoms with Gasteiger partial charge in [0.05, 0.1) is 18.4 Å². The fourth-order valence-corrected chi connectivity index (χ4v) is 3.54. The first-order chi connectivity index (χ1) is 15.9. The summed E-state index contributed by atoms with van der Waals surface area (Å²) in [6.45, 7) is 5.66. The largest absolute Gasteiger partial charge is 0.497 e. The van der Waals surface area contributed by atoms with Crippen LogP contribution in [0.3, 0.4) is 0 Å². The minimum Gasteiger partial charge on any atom is -0.497 e. The average Bonchev–Trinajstić information content (AvgIpc) is 2.83. The maximum atomic E-state index is 13.3. The van der Waals surface area contributed by atoms with Crippen molar-refractivity contribution in [2.24, 2.45) is 0 Å². The minimum absolute atomic E-state index is 0.229. The van der Waals surface area contributed by atoms with E-state index < -0.39 is 0 Å². The van der Waals surface area contributed by atoms with Crippen molar-refractivity contribution in [3.05, 3.63) is 105 Å². The number of hydrogen-bond acceptors (Lipinski definition) is 4. The van der Waals surface area contributed by atoms with Gasteiger partial charge in [-0.05, 0) is 62.7 Å². The van der Waals surface area contributed by atoms with Gasteiger partial charge >= 0.3 is 0 Å². The number of nitrogens with one attached hydrogen (secondary N) is 1. The van der Waals surface area contributed by atoms with Gasteiger partial charge in [-0.2, -0.15) is 5.10 Å². The molecule has 0 unspecified atom stereocenters. The van der Waals surface area contributed by atoms with Crippen LogP contribution in [0.5, 0.6) is 5.75 Å². The van der Waals surface area contributed by atoms with E-state index >= 15 is 0 Å². The second-order valence-corrected chi connectivity index (χ2v) is 7.93. The highest BCUT2D eigenvalue weighted by atomic mass is 16.5. The van der Waals surface area contributed by atoms with Crippen molar-refractivity contribution in [2.45, 2.75) is 20.8 Å². The predicted octanol–water partition coefficient (Wildman–Crippen LogP) is 5.09. The van der Waals surface area contributed by atoms with E-state index in [1.54, 1.807) is 43.0 Å². The highest BCUT2D eigenvalue weighted by Gasteiger charge is 2.21. The van der Waals surface area contributed by atoms with E-state index in [1.807, 2.05) is 62.4 Å². The first-order valence-electron chi connectivity index (χ1n) is 10.6. The monoisotopic (exact) mass is 439 g/mol. The lowest BCUT2D eigenvalue weighted by Gasteiger charge is -2.18. The lowest BCUT2D eigenvalue weighted by atomic mass is 10.0. The maximum absolute atomic E-state index is 13.3. The molecule has 4 aromatic rings. The molecule has 0 atom stereocenters. The standard InChI is InChI=1S/C27H25N3O3/c1-17-5-9-20(10-6-17)24-25(31)19(3)29-30(22-13-7-18(2)8-14-22)26(24)28-27(32)21-11-15-23(33-4)16-12-21/h5-16H,1-4H3,(H,28,32). The van der Waals surface area contributed by atoms with E-state index in [-0.39, 0.29) is 11.3 Å². The summed E-state index contributed by atoms with van der Waals surface area (Å²) in [5.74, 6) is 0.622. The summed E-state index contributed by atoms with van der Waals surface area (Å²) in [5, 5.41) is 7.47. The van der Waals surface area contributed by atoms with Crippen LogP contribution in [0.2, 0.25) is 0 Å². The molecule has 0 aliphatic rings. The summed E-state index contributed by atoms with van der Waals surface area (Å²) in [4.78, 5) is 26.5. The number of aryl methyl sites for hydroxylation is 3. The number of aromatic nitrogens is 2. The molecular formula is C27H25N3O3. The van der Waals surface area contributed by atoms with Crippen molar-refractivity contribution in [2.75, 3.05) is 12.4 Å². The van der Waals surface area contributed by atoms with Gasteiger partial charge < -0.3 is 10.1 Å². The molecule has 6 nitrogen and oxygen atoms in total. The average molecular weight is 440 g/mol. The van der Waals surface area contributed by atoms with Crippen molar-refractivity contribution >= 4 is 11.7 Å². The van der Waals surface area contributed by atoms with Crippen molar-refractivity contribution in [1.82, 2.24) is 9.78 Å². The third kappa shape index (κ3) is 4.55. The molecule has 166 valence electrons. The molecule has 0 saturated carbocycles. The zero-order chi connectivity index (χ0) is 23.5. The molecule has 0 bridgehead atoms. The summed E-state index contributed by atoms with van der Waals surface area (Å²) in [6.07, 6.45) is 0. The Balaban J connectivity index is 1.91. The van der Waals surface area contributed by atoms with E-state index in [0.29, 0.717) is 34.0 Å². The van der Waals surface area contributed by atoms with Crippen molar-refractivity contribution in [3.8, 4) is 22.6 Å². The molecule has 0 aliphatic carbocycles. The SMILES string of the molecule is COc1ccc(C(=O)Nc2c(-c3ccc(C)cc3)c(=O)c(C)nn2-c2ccc(C)cc2)cc1. The van der Waals surface area contributed by atoms with E-state index in [0.717, 1.165) is 16.8 Å². The van der Waals surface area contributed by atoms with Crippen molar-refractivity contribution in [3.63, 3.8) is 0 Å². The Morgan fingerprint density at radius 1 is 0.848 bits per heavy atom. The van der Waals surface area contributed by atoms with E-state index in [4.69, 9.17) is 4.74 Å². The van der Waals surface area contributed by atoms with Crippen LogP contribution in [0.15, 0.2) is 77.6 Å². The Kier molecular flexibility index (Phi) is 6.09. The molecule has 0 radical (unpaired) electrons. The number of rotatable bonds is 5. The van der Waals surface area contributed by atoms with Crippen LogP contribution in [0.25, 0.3) is 16.8 Å². The summed E-state index contributed by atoms with van der Waals surface area (Å²) < 4.78 is 6.80. The molecule has 4 rings (SSSR count). The zero-order valence-corrected chi connectivity index (χ0v) is 19.0. The summed E-state index contributed by atoms with van der Waals surface area (Å²) in [5.41, 5.74) is 4.57. The van der Waals surface area contributed by atoms with Crippen LogP contribution in [0.4, 0.5) is 5.82 Å². The molecule has 6 heteroatoms. The van der Waals surface area contributed by atoms with Gasteiger partial charge in [0.15, 0.2) is 0 Å². The van der Waals surface area contributed by atoms with E-state index in [1.165, 1.54) is 0 Å². The normalized spacial score (nSPS) is 10.7. The first-order valence-corrected chi connectivity index (χ1v) is 10.6.